The molecular weight excluding hydrogens is 444 g/mol. The molecule has 0 fully saturated rings. The Bertz CT molecular complexity index is 1270. The maximum Gasteiger partial charge on any atom is 0.330 e. The smallest absolute Gasteiger partial charge is 0.330 e. The van der Waals surface area contributed by atoms with Crippen LogP contribution in [0.2, 0.25) is 0 Å². The van der Waals surface area contributed by atoms with E-state index in [1.165, 1.54) is 9.47 Å². The highest BCUT2D eigenvalue weighted by Gasteiger charge is 2.22. The van der Waals surface area contributed by atoms with Crippen molar-refractivity contribution < 1.29 is 13.6 Å². The van der Waals surface area contributed by atoms with Crippen molar-refractivity contribution in [1.82, 2.24) is 9.55 Å². The number of carbonyl (C=O) groups excluding carboxylic acids is 1. The van der Waals surface area contributed by atoms with Crippen LogP contribution in [-0.4, -0.2) is 28.5 Å². The third kappa shape index (κ3) is 6.09. The molecule has 1 aromatic heterocycles. The first-order valence-electron chi connectivity index (χ1n) is 10.8. The van der Waals surface area contributed by atoms with Crippen LogP contribution in [0.1, 0.15) is 25.8 Å². The summed E-state index contributed by atoms with van der Waals surface area (Å²) in [4.78, 5) is 41.7. The molecule has 0 unspecified atom stereocenters. The van der Waals surface area contributed by atoms with E-state index in [1.54, 1.807) is 0 Å². The van der Waals surface area contributed by atoms with Gasteiger partial charge in [0.05, 0.1) is 18.8 Å². The van der Waals surface area contributed by atoms with E-state index in [2.05, 4.69) is 10.3 Å². The summed E-state index contributed by atoms with van der Waals surface area (Å²) in [5.41, 5.74) is 5.30. The molecule has 0 saturated carbocycles. The molecule has 0 aliphatic rings. The third-order valence-electron chi connectivity index (χ3n) is 5.23. The molecule has 2 aromatic carbocycles. The number of hydrogen-bond acceptors (Lipinski definition) is 5. The second-order valence-corrected chi connectivity index (χ2v) is 8.34. The quantitative estimate of drug-likeness (QED) is 0.444. The lowest BCUT2D eigenvalue weighted by atomic mass is 10.1. The highest BCUT2D eigenvalue weighted by Crippen LogP contribution is 2.20. The number of hydrogen-bond donors (Lipinski definition) is 3. The number of halogens is 2. The summed E-state index contributed by atoms with van der Waals surface area (Å²) in [5.74, 6) is -2.03. The van der Waals surface area contributed by atoms with Crippen molar-refractivity contribution in [2.75, 3.05) is 29.0 Å². The highest BCUT2D eigenvalue weighted by molar-refractivity contribution is 5.94. The van der Waals surface area contributed by atoms with Crippen molar-refractivity contribution >= 4 is 23.1 Å². The number of aromatic amines is 1. The van der Waals surface area contributed by atoms with Gasteiger partial charge in [0.2, 0.25) is 5.91 Å². The molecule has 0 aliphatic heterocycles. The summed E-state index contributed by atoms with van der Waals surface area (Å²) in [6, 6.07) is 11.8. The van der Waals surface area contributed by atoms with E-state index in [0.717, 1.165) is 23.8 Å². The Kier molecular flexibility index (Phi) is 7.83. The Balaban J connectivity index is 1.95. The van der Waals surface area contributed by atoms with Crippen molar-refractivity contribution in [2.24, 2.45) is 5.92 Å². The SMILES string of the molecule is CC(C)CCN(CC(=O)Nc1cc(F)ccc1F)c1c(N)n(Cc2ccccc2)c(=O)[nH]c1=O. The first-order chi connectivity index (χ1) is 16.2. The first-order valence-corrected chi connectivity index (χ1v) is 10.8. The Morgan fingerprint density at radius 2 is 1.85 bits per heavy atom. The summed E-state index contributed by atoms with van der Waals surface area (Å²) < 4.78 is 28.7. The van der Waals surface area contributed by atoms with E-state index in [4.69, 9.17) is 5.73 Å². The van der Waals surface area contributed by atoms with Gasteiger partial charge in [-0.25, -0.2) is 13.6 Å². The van der Waals surface area contributed by atoms with Crippen molar-refractivity contribution in [3.8, 4) is 0 Å². The summed E-state index contributed by atoms with van der Waals surface area (Å²) in [6.07, 6.45) is 0.609. The Labute approximate surface area is 195 Å². The van der Waals surface area contributed by atoms with Crippen LogP contribution in [0.4, 0.5) is 26.0 Å². The van der Waals surface area contributed by atoms with Gasteiger partial charge in [-0.15, -0.1) is 0 Å². The van der Waals surface area contributed by atoms with Gasteiger partial charge in [-0.1, -0.05) is 44.2 Å². The van der Waals surface area contributed by atoms with Gasteiger partial charge in [0.25, 0.3) is 5.56 Å². The first kappa shape index (κ1) is 24.7. The maximum atomic E-state index is 14.0. The molecule has 3 aromatic rings. The van der Waals surface area contributed by atoms with E-state index in [-0.39, 0.29) is 42.7 Å². The van der Waals surface area contributed by atoms with Gasteiger partial charge in [-0.2, -0.15) is 0 Å². The number of H-pyrrole nitrogens is 1. The molecule has 0 spiro atoms. The monoisotopic (exact) mass is 471 g/mol. The van der Waals surface area contributed by atoms with Gasteiger partial charge in [0.15, 0.2) is 0 Å². The molecule has 0 atom stereocenters. The number of amides is 1. The van der Waals surface area contributed by atoms with Crippen molar-refractivity contribution in [3.05, 3.63) is 86.6 Å². The molecule has 0 saturated heterocycles. The minimum absolute atomic E-state index is 0.0361. The normalized spacial score (nSPS) is 11.0. The van der Waals surface area contributed by atoms with Crippen LogP contribution in [0, 0.1) is 17.6 Å². The molecule has 1 heterocycles. The number of nitrogen functional groups attached to an aromatic ring is 1. The Hall–Kier alpha value is -3.95. The summed E-state index contributed by atoms with van der Waals surface area (Å²) in [5, 5.41) is 2.33. The maximum absolute atomic E-state index is 14.0. The number of aromatic nitrogens is 2. The fourth-order valence-corrected chi connectivity index (χ4v) is 3.45. The van der Waals surface area contributed by atoms with E-state index < -0.39 is 28.8 Å². The van der Waals surface area contributed by atoms with Gasteiger partial charge >= 0.3 is 5.69 Å². The second-order valence-electron chi connectivity index (χ2n) is 8.34. The topological polar surface area (TPSA) is 113 Å². The highest BCUT2D eigenvalue weighted by atomic mass is 19.1. The molecule has 180 valence electrons. The van der Waals surface area contributed by atoms with E-state index in [1.807, 2.05) is 44.2 Å². The average molecular weight is 472 g/mol. The van der Waals surface area contributed by atoms with Crippen molar-refractivity contribution in [2.45, 2.75) is 26.8 Å². The number of carbonyl (C=O) groups is 1. The number of rotatable bonds is 9. The number of nitrogens with zero attached hydrogens (tertiary/aromatic N) is 2. The molecule has 8 nitrogen and oxygen atoms in total. The fourth-order valence-electron chi connectivity index (χ4n) is 3.45. The van der Waals surface area contributed by atoms with Crippen LogP contribution in [0.5, 0.6) is 0 Å². The summed E-state index contributed by atoms with van der Waals surface area (Å²) in [6.45, 7) is 3.98. The average Bonchev–Trinajstić information content (AvgIpc) is 2.78. The van der Waals surface area contributed by atoms with Gasteiger partial charge in [-0.3, -0.25) is 19.1 Å². The van der Waals surface area contributed by atoms with Crippen LogP contribution in [-0.2, 0) is 11.3 Å². The number of anilines is 3. The molecular formula is C24H27F2N5O3. The molecule has 1 amide bonds. The van der Waals surface area contributed by atoms with Crippen LogP contribution < -0.4 is 27.2 Å². The predicted molar refractivity (Wildman–Crippen MR) is 128 cm³/mol. The van der Waals surface area contributed by atoms with Gasteiger partial charge in [0, 0.05) is 12.6 Å². The molecule has 4 N–H and O–H groups in total. The number of nitrogens with one attached hydrogen (secondary N) is 2. The van der Waals surface area contributed by atoms with E-state index >= 15 is 0 Å². The Morgan fingerprint density at radius 3 is 2.53 bits per heavy atom. The third-order valence-corrected chi connectivity index (χ3v) is 5.23. The minimum Gasteiger partial charge on any atom is -0.383 e. The van der Waals surface area contributed by atoms with Crippen molar-refractivity contribution in [3.63, 3.8) is 0 Å². The van der Waals surface area contributed by atoms with E-state index in [0.29, 0.717) is 6.42 Å². The fraction of sp³-hybridized carbons (Fsp3) is 0.292. The second kappa shape index (κ2) is 10.8. The Morgan fingerprint density at radius 1 is 1.15 bits per heavy atom. The lowest BCUT2D eigenvalue weighted by Gasteiger charge is -2.26. The largest absolute Gasteiger partial charge is 0.383 e. The lowest BCUT2D eigenvalue weighted by molar-refractivity contribution is -0.115. The van der Waals surface area contributed by atoms with Gasteiger partial charge in [-0.05, 0) is 30.0 Å². The molecule has 3 rings (SSSR count). The van der Waals surface area contributed by atoms with Gasteiger partial charge in [0.1, 0.15) is 23.1 Å². The predicted octanol–water partition coefficient (Wildman–Crippen LogP) is 2.94. The zero-order valence-electron chi connectivity index (χ0n) is 19.0. The number of nitrogens with two attached hydrogens (primary N) is 1. The van der Waals surface area contributed by atoms with Gasteiger partial charge < -0.3 is 16.0 Å². The zero-order valence-corrected chi connectivity index (χ0v) is 19.0. The zero-order chi connectivity index (χ0) is 24.8. The lowest BCUT2D eigenvalue weighted by Crippen LogP contribution is -2.42. The summed E-state index contributed by atoms with van der Waals surface area (Å²) in [7, 11) is 0. The molecule has 0 radical (unpaired) electrons. The molecule has 34 heavy (non-hydrogen) atoms. The van der Waals surface area contributed by atoms with Crippen molar-refractivity contribution in [1.29, 1.82) is 0 Å². The minimum atomic E-state index is -0.794. The molecule has 0 bridgehead atoms. The standard InChI is InChI=1S/C24H27F2N5O3/c1-15(2)10-11-30(14-20(32)28-19-12-17(25)8-9-18(19)26)21-22(27)31(24(34)29-23(21)33)13-16-6-4-3-5-7-16/h3-9,12,15H,10-11,13-14,27H2,1-2H3,(H,28,32)(H,29,33,34). The van der Waals surface area contributed by atoms with Crippen LogP contribution in [0.15, 0.2) is 58.1 Å². The molecule has 0 aliphatic carbocycles. The van der Waals surface area contributed by atoms with Crippen LogP contribution >= 0.6 is 0 Å². The molecule has 10 heteroatoms. The summed E-state index contributed by atoms with van der Waals surface area (Å²) >= 11 is 0. The van der Waals surface area contributed by atoms with Crippen LogP contribution in [0.25, 0.3) is 0 Å². The van der Waals surface area contributed by atoms with E-state index in [9.17, 15) is 23.2 Å². The van der Waals surface area contributed by atoms with Crippen LogP contribution in [0.3, 0.4) is 0 Å². The number of benzene rings is 2.